The van der Waals surface area contributed by atoms with Crippen LogP contribution in [-0.2, 0) is 6.42 Å². The molecule has 1 saturated carbocycles. The van der Waals surface area contributed by atoms with Gasteiger partial charge in [0.1, 0.15) is 0 Å². The van der Waals surface area contributed by atoms with Crippen molar-refractivity contribution in [2.24, 2.45) is 5.41 Å². The number of rotatable bonds is 3. The molecule has 1 fully saturated rings. The predicted molar refractivity (Wildman–Crippen MR) is 59.8 cm³/mol. The summed E-state index contributed by atoms with van der Waals surface area (Å²) in [7, 11) is 0. The Hall–Kier alpha value is -0.300. The maximum absolute atomic E-state index is 3.61. The summed E-state index contributed by atoms with van der Waals surface area (Å²) in [4.78, 5) is 0. The molecule has 1 aliphatic rings. The summed E-state index contributed by atoms with van der Waals surface area (Å²) in [5.41, 5.74) is 2.13. The molecule has 0 aromatic heterocycles. The van der Waals surface area contributed by atoms with Gasteiger partial charge in [0, 0.05) is 4.47 Å². The fourth-order valence-electron chi connectivity index (χ4n) is 1.88. The molecule has 1 aliphatic carbocycles. The van der Waals surface area contributed by atoms with Crippen LogP contribution in [0.2, 0.25) is 0 Å². The molecule has 0 N–H and O–H groups in total. The molecule has 0 atom stereocenters. The molecule has 1 heteroatoms. The Labute approximate surface area is 88.5 Å². The highest BCUT2D eigenvalue weighted by Gasteiger charge is 2.40. The second-order valence-electron chi connectivity index (χ2n) is 4.12. The van der Waals surface area contributed by atoms with Crippen LogP contribution in [0, 0.1) is 5.41 Å². The van der Waals surface area contributed by atoms with Gasteiger partial charge in [0.15, 0.2) is 0 Å². The zero-order chi connectivity index (χ0) is 9.31. The summed E-state index contributed by atoms with van der Waals surface area (Å²) in [5.74, 6) is 0. The third kappa shape index (κ3) is 1.96. The average Bonchev–Trinajstić information content (AvgIpc) is 2.90. The van der Waals surface area contributed by atoms with Gasteiger partial charge < -0.3 is 0 Å². The van der Waals surface area contributed by atoms with Crippen LogP contribution in [0.15, 0.2) is 28.7 Å². The lowest BCUT2D eigenvalue weighted by molar-refractivity contribution is 0.488. The van der Waals surface area contributed by atoms with E-state index < -0.39 is 0 Å². The monoisotopic (exact) mass is 238 g/mol. The van der Waals surface area contributed by atoms with Gasteiger partial charge in [-0.25, -0.2) is 0 Å². The van der Waals surface area contributed by atoms with Crippen molar-refractivity contribution < 1.29 is 0 Å². The van der Waals surface area contributed by atoms with E-state index in [2.05, 4.69) is 47.1 Å². The van der Waals surface area contributed by atoms with Crippen LogP contribution in [-0.4, -0.2) is 0 Å². The summed E-state index contributed by atoms with van der Waals surface area (Å²) in [6.45, 7) is 2.31. The van der Waals surface area contributed by atoms with Crippen molar-refractivity contribution in [2.75, 3.05) is 0 Å². The molecule has 70 valence electrons. The molecule has 0 unspecified atom stereocenters. The largest absolute Gasteiger partial charge is 0.0648 e. The van der Waals surface area contributed by atoms with Crippen LogP contribution in [0.25, 0.3) is 0 Å². The fraction of sp³-hybridized carbons (Fsp3) is 0.500. The first-order valence-corrected chi connectivity index (χ1v) is 5.78. The molecule has 2 rings (SSSR count). The third-order valence-corrected chi connectivity index (χ3v) is 4.00. The normalized spacial score (nSPS) is 18.6. The standard InChI is InChI=1S/C12H15Br/c1-2-12(7-8-12)9-10-5-3-4-6-11(10)13/h3-6H,2,7-9H2,1H3. The summed E-state index contributed by atoms with van der Waals surface area (Å²) >= 11 is 3.61. The molecule has 0 amide bonds. The Morgan fingerprint density at radius 3 is 2.54 bits per heavy atom. The zero-order valence-electron chi connectivity index (χ0n) is 8.02. The summed E-state index contributed by atoms with van der Waals surface area (Å²) in [5, 5.41) is 0. The van der Waals surface area contributed by atoms with Gasteiger partial charge in [0.2, 0.25) is 0 Å². The van der Waals surface area contributed by atoms with E-state index in [1.807, 2.05) is 0 Å². The molecule has 0 bridgehead atoms. The van der Waals surface area contributed by atoms with E-state index >= 15 is 0 Å². The van der Waals surface area contributed by atoms with Gasteiger partial charge in [-0.05, 0) is 36.3 Å². The lowest BCUT2D eigenvalue weighted by Gasteiger charge is -2.13. The highest BCUT2D eigenvalue weighted by atomic mass is 79.9. The van der Waals surface area contributed by atoms with Crippen molar-refractivity contribution in [3.63, 3.8) is 0 Å². The highest BCUT2D eigenvalue weighted by Crippen LogP contribution is 2.51. The maximum atomic E-state index is 3.61. The van der Waals surface area contributed by atoms with Crippen LogP contribution in [0.3, 0.4) is 0 Å². The van der Waals surface area contributed by atoms with E-state index in [-0.39, 0.29) is 0 Å². The molecule has 1 aromatic rings. The third-order valence-electron chi connectivity index (χ3n) is 3.23. The first-order chi connectivity index (χ1) is 6.26. The van der Waals surface area contributed by atoms with Gasteiger partial charge >= 0.3 is 0 Å². The Bertz CT molecular complexity index is 300. The SMILES string of the molecule is CCC1(Cc2ccccc2Br)CC1. The fourth-order valence-corrected chi connectivity index (χ4v) is 2.30. The molecule has 1 aromatic carbocycles. The summed E-state index contributed by atoms with van der Waals surface area (Å²) < 4.78 is 1.27. The average molecular weight is 239 g/mol. The van der Waals surface area contributed by atoms with Gasteiger partial charge in [0.25, 0.3) is 0 Å². The van der Waals surface area contributed by atoms with Crippen molar-refractivity contribution in [2.45, 2.75) is 32.6 Å². The minimum Gasteiger partial charge on any atom is -0.0648 e. The molecule has 0 heterocycles. The lowest BCUT2D eigenvalue weighted by atomic mass is 9.94. The maximum Gasteiger partial charge on any atom is 0.0207 e. The Kier molecular flexibility index (Phi) is 2.46. The molecule has 0 saturated heterocycles. The molecule has 0 radical (unpaired) electrons. The van der Waals surface area contributed by atoms with Crippen molar-refractivity contribution in [3.8, 4) is 0 Å². The second kappa shape index (κ2) is 3.45. The molecule has 13 heavy (non-hydrogen) atoms. The highest BCUT2D eigenvalue weighted by molar-refractivity contribution is 9.10. The summed E-state index contributed by atoms with van der Waals surface area (Å²) in [6.07, 6.45) is 5.43. The quantitative estimate of drug-likeness (QED) is 0.742. The van der Waals surface area contributed by atoms with E-state index in [9.17, 15) is 0 Å². The van der Waals surface area contributed by atoms with Gasteiger partial charge in [0.05, 0.1) is 0 Å². The first kappa shape index (κ1) is 9.26. The smallest absolute Gasteiger partial charge is 0.0207 e. The van der Waals surface area contributed by atoms with Crippen molar-refractivity contribution >= 4 is 15.9 Å². The van der Waals surface area contributed by atoms with Gasteiger partial charge in [-0.2, -0.15) is 0 Å². The van der Waals surface area contributed by atoms with Crippen LogP contribution < -0.4 is 0 Å². The summed E-state index contributed by atoms with van der Waals surface area (Å²) in [6, 6.07) is 8.59. The first-order valence-electron chi connectivity index (χ1n) is 4.99. The molecule has 0 aliphatic heterocycles. The zero-order valence-corrected chi connectivity index (χ0v) is 9.60. The number of benzene rings is 1. The van der Waals surface area contributed by atoms with Crippen molar-refractivity contribution in [3.05, 3.63) is 34.3 Å². The molecular formula is C12H15Br. The van der Waals surface area contributed by atoms with Gasteiger partial charge in [-0.3, -0.25) is 0 Å². The van der Waals surface area contributed by atoms with E-state index in [4.69, 9.17) is 0 Å². The molecule has 0 nitrogen and oxygen atoms in total. The van der Waals surface area contributed by atoms with E-state index in [1.54, 1.807) is 0 Å². The van der Waals surface area contributed by atoms with E-state index in [0.29, 0.717) is 5.41 Å². The number of halogens is 1. The Morgan fingerprint density at radius 2 is 2.00 bits per heavy atom. The van der Waals surface area contributed by atoms with Crippen LogP contribution >= 0.6 is 15.9 Å². The number of hydrogen-bond acceptors (Lipinski definition) is 0. The Morgan fingerprint density at radius 1 is 1.31 bits per heavy atom. The second-order valence-corrected chi connectivity index (χ2v) is 4.98. The topological polar surface area (TPSA) is 0 Å². The van der Waals surface area contributed by atoms with Gasteiger partial charge in [-0.1, -0.05) is 47.5 Å². The lowest BCUT2D eigenvalue weighted by Crippen LogP contribution is -2.03. The van der Waals surface area contributed by atoms with Crippen molar-refractivity contribution in [1.82, 2.24) is 0 Å². The minimum atomic E-state index is 0.657. The predicted octanol–water partition coefficient (Wildman–Crippen LogP) is 4.18. The van der Waals surface area contributed by atoms with E-state index in [0.717, 1.165) is 0 Å². The van der Waals surface area contributed by atoms with Crippen LogP contribution in [0.1, 0.15) is 31.7 Å². The van der Waals surface area contributed by atoms with Gasteiger partial charge in [-0.15, -0.1) is 0 Å². The van der Waals surface area contributed by atoms with Crippen molar-refractivity contribution in [1.29, 1.82) is 0 Å². The van der Waals surface area contributed by atoms with Crippen LogP contribution in [0.4, 0.5) is 0 Å². The molecule has 0 spiro atoms. The van der Waals surface area contributed by atoms with E-state index in [1.165, 1.54) is 35.7 Å². The number of hydrogen-bond donors (Lipinski definition) is 0. The molecular weight excluding hydrogens is 224 g/mol. The Balaban J connectivity index is 2.14. The minimum absolute atomic E-state index is 0.657. The van der Waals surface area contributed by atoms with Crippen LogP contribution in [0.5, 0.6) is 0 Å².